The van der Waals surface area contributed by atoms with Gasteiger partial charge in [0.1, 0.15) is 36.7 Å². The van der Waals surface area contributed by atoms with Crippen molar-refractivity contribution in [2.24, 2.45) is 0 Å². The highest BCUT2D eigenvalue weighted by Gasteiger charge is 2.31. The van der Waals surface area contributed by atoms with Gasteiger partial charge in [-0.1, -0.05) is 48.5 Å². The predicted octanol–water partition coefficient (Wildman–Crippen LogP) is 1.23. The minimum atomic E-state index is -1.20. The highest BCUT2D eigenvalue weighted by Crippen LogP contribution is 2.23. The van der Waals surface area contributed by atoms with Gasteiger partial charge >= 0.3 is 0 Å². The molecule has 4 amide bonds. The first-order valence-corrected chi connectivity index (χ1v) is 15.6. The minimum absolute atomic E-state index is 0.0733. The van der Waals surface area contributed by atoms with E-state index in [9.17, 15) is 24.3 Å². The van der Waals surface area contributed by atoms with Crippen molar-refractivity contribution in [1.82, 2.24) is 31.2 Å². The smallest absolute Gasteiger partial charge is 0.273 e. The number of nitrogens with zero attached hydrogens (tertiary/aromatic N) is 2. The van der Waals surface area contributed by atoms with Crippen LogP contribution in [0, 0.1) is 0 Å². The van der Waals surface area contributed by atoms with Gasteiger partial charge in [0.2, 0.25) is 23.6 Å². The molecule has 2 aliphatic rings. The van der Waals surface area contributed by atoms with Gasteiger partial charge in [-0.25, -0.2) is 4.98 Å². The Balaban J connectivity index is 1.35. The van der Waals surface area contributed by atoms with Gasteiger partial charge in [-0.05, 0) is 37.8 Å². The Morgan fingerprint density at radius 2 is 1.85 bits per heavy atom. The van der Waals surface area contributed by atoms with Gasteiger partial charge < -0.3 is 35.5 Å². The fourth-order valence-corrected chi connectivity index (χ4v) is 5.52. The van der Waals surface area contributed by atoms with Crippen LogP contribution >= 0.6 is 0 Å². The van der Waals surface area contributed by atoms with Crippen molar-refractivity contribution in [2.45, 2.75) is 63.4 Å². The fraction of sp³-hybridized carbons (Fsp3) is 0.424. The minimum Gasteiger partial charge on any atom is -0.492 e. The number of hydrogen-bond acceptors (Lipinski definition) is 9. The average Bonchev–Trinajstić information content (AvgIpc) is 3.45. The molecule has 5 rings (SSSR count). The van der Waals surface area contributed by atoms with Crippen molar-refractivity contribution in [1.29, 1.82) is 0 Å². The second-order valence-corrected chi connectivity index (χ2v) is 11.6. The summed E-state index contributed by atoms with van der Waals surface area (Å²) in [7, 11) is 0. The molecule has 13 nitrogen and oxygen atoms in total. The van der Waals surface area contributed by atoms with Crippen LogP contribution in [0.4, 0.5) is 0 Å². The number of carbonyl (C=O) groups is 4. The molecule has 0 aliphatic carbocycles. The fourth-order valence-electron chi connectivity index (χ4n) is 5.52. The lowest BCUT2D eigenvalue weighted by Crippen LogP contribution is -2.52. The van der Waals surface area contributed by atoms with Crippen molar-refractivity contribution in [3.63, 3.8) is 0 Å². The first-order valence-electron chi connectivity index (χ1n) is 15.6. The van der Waals surface area contributed by atoms with Crippen LogP contribution in [-0.4, -0.2) is 83.0 Å². The highest BCUT2D eigenvalue weighted by molar-refractivity contribution is 5.96. The van der Waals surface area contributed by atoms with Gasteiger partial charge in [-0.15, -0.1) is 0 Å². The Labute approximate surface area is 267 Å². The topological polar surface area (TPSA) is 175 Å². The van der Waals surface area contributed by atoms with Gasteiger partial charge in [-0.3, -0.25) is 24.1 Å². The quantitative estimate of drug-likeness (QED) is 0.268. The molecule has 0 unspecified atom stereocenters. The van der Waals surface area contributed by atoms with E-state index in [1.807, 2.05) is 59.5 Å². The molecule has 13 heteroatoms. The number of aromatic nitrogens is 1. The molecule has 1 aromatic heterocycles. The molecule has 0 saturated carbocycles. The second-order valence-electron chi connectivity index (χ2n) is 11.6. The van der Waals surface area contributed by atoms with E-state index in [2.05, 4.69) is 26.3 Å². The van der Waals surface area contributed by atoms with E-state index in [0.29, 0.717) is 45.4 Å². The number of rotatable bonds is 6. The summed E-state index contributed by atoms with van der Waals surface area (Å²) in [4.78, 5) is 59.2. The number of amides is 4. The summed E-state index contributed by atoms with van der Waals surface area (Å²) in [6.07, 6.45) is 1.60. The van der Waals surface area contributed by atoms with Crippen LogP contribution in [0.25, 0.3) is 0 Å². The molecule has 46 heavy (non-hydrogen) atoms. The van der Waals surface area contributed by atoms with Gasteiger partial charge in [0.05, 0.1) is 12.6 Å². The van der Waals surface area contributed by atoms with Gasteiger partial charge in [0, 0.05) is 31.6 Å². The van der Waals surface area contributed by atoms with Crippen molar-refractivity contribution in [3.8, 4) is 5.75 Å². The van der Waals surface area contributed by atoms with Crippen molar-refractivity contribution in [3.05, 3.63) is 83.6 Å². The standard InChI is InChI=1S/C33H40N6O7/c1-21(40)29-32(44)34-14-8-7-12-24(35-28(41)19-39-15-16-45-27-13-6-5-11-23(27)18-39)30(42)36-25(17-22-9-3-2-4-10-22)33-37-26(20-46-33)31(43)38-29/h2-6,9-11,13,20-21,24-25,29,40H,7-8,12,14-19H2,1H3,(H,34,44)(H,35,41)(H,36,42)(H,38,43)/t21-,24+,25+,29+/m1/s1. The number of oxazole rings is 1. The first kappa shape index (κ1) is 32.6. The molecule has 2 aromatic carbocycles. The van der Waals surface area contributed by atoms with Crippen LogP contribution < -0.4 is 26.0 Å². The van der Waals surface area contributed by atoms with Gasteiger partial charge in [0.25, 0.3) is 5.91 Å². The van der Waals surface area contributed by atoms with Crippen LogP contribution in [0.1, 0.15) is 59.7 Å². The van der Waals surface area contributed by atoms with Crippen LogP contribution in [0.5, 0.6) is 5.75 Å². The molecule has 3 heterocycles. The molecule has 0 fully saturated rings. The van der Waals surface area contributed by atoms with Crippen molar-refractivity contribution >= 4 is 23.6 Å². The molecule has 5 N–H and O–H groups in total. The number of nitrogens with one attached hydrogen (secondary N) is 4. The monoisotopic (exact) mass is 632 g/mol. The zero-order chi connectivity index (χ0) is 32.5. The van der Waals surface area contributed by atoms with E-state index in [1.54, 1.807) is 0 Å². The van der Waals surface area contributed by atoms with Crippen LogP contribution in [0.3, 0.4) is 0 Å². The van der Waals surface area contributed by atoms with Crippen LogP contribution in [-0.2, 0) is 27.3 Å². The maximum absolute atomic E-state index is 13.8. The number of aliphatic hydroxyl groups excluding tert-OH is 1. The van der Waals surface area contributed by atoms with E-state index in [0.717, 1.165) is 23.1 Å². The average molecular weight is 633 g/mol. The summed E-state index contributed by atoms with van der Waals surface area (Å²) in [5.41, 5.74) is 1.76. The Morgan fingerprint density at radius 3 is 2.65 bits per heavy atom. The largest absolute Gasteiger partial charge is 0.492 e. The molecule has 0 saturated heterocycles. The molecule has 2 aliphatic heterocycles. The number of aliphatic hydroxyl groups is 1. The Hall–Kier alpha value is -4.75. The zero-order valence-electron chi connectivity index (χ0n) is 25.7. The third-order valence-electron chi connectivity index (χ3n) is 7.97. The Morgan fingerprint density at radius 1 is 1.07 bits per heavy atom. The van der Waals surface area contributed by atoms with Gasteiger partial charge in [0.15, 0.2) is 5.69 Å². The maximum Gasteiger partial charge on any atom is 0.273 e. The number of hydrogen-bond donors (Lipinski definition) is 5. The maximum atomic E-state index is 13.8. The summed E-state index contributed by atoms with van der Waals surface area (Å²) >= 11 is 0. The van der Waals surface area contributed by atoms with Crippen LogP contribution in [0.15, 0.2) is 65.3 Å². The summed E-state index contributed by atoms with van der Waals surface area (Å²) in [5, 5.41) is 21.3. The zero-order valence-corrected chi connectivity index (χ0v) is 25.7. The van der Waals surface area contributed by atoms with Crippen LogP contribution in [0.2, 0.25) is 0 Å². The lowest BCUT2D eigenvalue weighted by molar-refractivity contribution is -0.130. The summed E-state index contributed by atoms with van der Waals surface area (Å²) in [6.45, 7) is 3.25. The Bertz CT molecular complexity index is 1510. The molecule has 0 radical (unpaired) electrons. The van der Waals surface area contributed by atoms with Crippen molar-refractivity contribution in [2.75, 3.05) is 26.2 Å². The van der Waals surface area contributed by atoms with E-state index < -0.39 is 42.0 Å². The molecular weight excluding hydrogens is 592 g/mol. The third kappa shape index (κ3) is 8.70. The lowest BCUT2D eigenvalue weighted by atomic mass is 10.0. The van der Waals surface area contributed by atoms with E-state index in [-0.39, 0.29) is 30.6 Å². The third-order valence-corrected chi connectivity index (χ3v) is 7.97. The highest BCUT2D eigenvalue weighted by atomic mass is 16.5. The summed E-state index contributed by atoms with van der Waals surface area (Å²) in [5.74, 6) is -1.11. The number of carbonyl (C=O) groups excluding carboxylic acids is 4. The first-order chi connectivity index (χ1) is 22.3. The molecule has 244 valence electrons. The SMILES string of the molecule is C[C@@H](O)[C@@H]1NC(=O)c2coc(n2)[C@H](Cc2ccccc2)NC(=O)[C@@H](NC(=O)CN2CCOc3ccccc3C2)CCCCNC1=O. The summed E-state index contributed by atoms with van der Waals surface area (Å²) in [6, 6.07) is 14.3. The Kier molecular flexibility index (Phi) is 11.0. The molecule has 0 spiro atoms. The molecule has 4 atom stereocenters. The second kappa shape index (κ2) is 15.5. The molecular formula is C33H40N6O7. The van der Waals surface area contributed by atoms with E-state index in [1.165, 1.54) is 6.92 Å². The number of fused-ring (bicyclic) bond motifs is 3. The van der Waals surface area contributed by atoms with Crippen molar-refractivity contribution < 1.29 is 33.4 Å². The molecule has 3 aromatic rings. The van der Waals surface area contributed by atoms with E-state index >= 15 is 0 Å². The summed E-state index contributed by atoms with van der Waals surface area (Å²) < 4.78 is 11.5. The normalized spacial score (nSPS) is 22.2. The lowest BCUT2D eigenvalue weighted by Gasteiger charge is -2.24. The number of para-hydroxylation sites is 1. The molecule has 2 bridgehead atoms. The number of ether oxygens (including phenoxy) is 1. The van der Waals surface area contributed by atoms with Gasteiger partial charge in [-0.2, -0.15) is 0 Å². The predicted molar refractivity (Wildman–Crippen MR) is 166 cm³/mol. The van der Waals surface area contributed by atoms with E-state index in [4.69, 9.17) is 9.15 Å². The number of benzene rings is 2.